The summed E-state index contributed by atoms with van der Waals surface area (Å²) >= 11 is 0. The van der Waals surface area contributed by atoms with E-state index in [-0.39, 0.29) is 13.2 Å². The van der Waals surface area contributed by atoms with Crippen LogP contribution < -0.4 is 9.47 Å². The number of methoxy groups -OCH3 is 2. The fraction of sp³-hybridized carbons (Fsp3) is 0.550. The van der Waals surface area contributed by atoms with E-state index in [0.717, 1.165) is 34.6 Å². The second kappa shape index (κ2) is 21.8. The number of rotatable bonds is 25. The predicted octanol–water partition coefficient (Wildman–Crippen LogP) is 9.87. The van der Waals surface area contributed by atoms with Gasteiger partial charge in [0.2, 0.25) is 0 Å². The van der Waals surface area contributed by atoms with E-state index in [0.29, 0.717) is 6.61 Å². The van der Waals surface area contributed by atoms with Crippen molar-refractivity contribution in [3.8, 4) is 11.5 Å². The van der Waals surface area contributed by atoms with Gasteiger partial charge < -0.3 is 24.1 Å². The van der Waals surface area contributed by atoms with Crippen LogP contribution in [0.15, 0.2) is 78.9 Å². The number of ether oxygens (including phenoxy) is 4. The molecule has 0 aliphatic carbocycles. The minimum absolute atomic E-state index is 0.117. The van der Waals surface area contributed by atoms with Crippen molar-refractivity contribution in [3.05, 3.63) is 95.6 Å². The first-order valence-electron chi connectivity index (χ1n) is 17.4. The van der Waals surface area contributed by atoms with Gasteiger partial charge in [-0.2, -0.15) is 0 Å². The van der Waals surface area contributed by atoms with Gasteiger partial charge in [0.05, 0.1) is 27.4 Å². The first kappa shape index (κ1) is 36.6. The Hall–Kier alpha value is -2.86. The Bertz CT molecular complexity index is 1080. The fourth-order valence-corrected chi connectivity index (χ4v) is 5.96. The second-order valence-corrected chi connectivity index (χ2v) is 12.1. The quantitative estimate of drug-likeness (QED) is 0.0757. The normalized spacial score (nSPS) is 12.3. The van der Waals surface area contributed by atoms with Gasteiger partial charge in [-0.3, -0.25) is 0 Å². The predicted molar refractivity (Wildman–Crippen MR) is 185 cm³/mol. The third-order valence-corrected chi connectivity index (χ3v) is 8.62. The summed E-state index contributed by atoms with van der Waals surface area (Å²) in [5.41, 5.74) is 1.90. The Morgan fingerprint density at radius 2 is 0.956 bits per heavy atom. The summed E-state index contributed by atoms with van der Waals surface area (Å²) in [6.45, 7) is 3.30. The summed E-state index contributed by atoms with van der Waals surface area (Å²) in [6.07, 6.45) is 17.9. The number of aliphatic hydroxyl groups is 1. The van der Waals surface area contributed by atoms with Crippen molar-refractivity contribution >= 4 is 0 Å². The van der Waals surface area contributed by atoms with Crippen LogP contribution >= 0.6 is 0 Å². The maximum absolute atomic E-state index is 10.9. The number of hydrogen-bond acceptors (Lipinski definition) is 5. The summed E-state index contributed by atoms with van der Waals surface area (Å²) in [4.78, 5) is 0. The van der Waals surface area contributed by atoms with Gasteiger partial charge >= 0.3 is 0 Å². The van der Waals surface area contributed by atoms with E-state index in [1.165, 1.54) is 83.5 Å². The molecule has 1 atom stereocenters. The van der Waals surface area contributed by atoms with Gasteiger partial charge in [-0.05, 0) is 47.4 Å². The molecule has 1 N–H and O–H groups in total. The number of hydrogen-bond donors (Lipinski definition) is 1. The molecule has 3 aromatic carbocycles. The van der Waals surface area contributed by atoms with Crippen LogP contribution in [0.2, 0.25) is 0 Å². The smallest absolute Gasteiger partial charge is 0.143 e. The third-order valence-electron chi connectivity index (χ3n) is 8.62. The minimum atomic E-state index is -0.949. The average Bonchev–Trinajstić information content (AvgIpc) is 3.09. The highest BCUT2D eigenvalue weighted by molar-refractivity contribution is 5.49. The largest absolute Gasteiger partial charge is 0.497 e. The van der Waals surface area contributed by atoms with E-state index in [1.54, 1.807) is 14.2 Å². The van der Waals surface area contributed by atoms with Gasteiger partial charge in [0.25, 0.3) is 0 Å². The second-order valence-electron chi connectivity index (χ2n) is 12.1. The van der Waals surface area contributed by atoms with Crippen molar-refractivity contribution in [1.29, 1.82) is 0 Å². The molecule has 3 rings (SSSR count). The van der Waals surface area contributed by atoms with Gasteiger partial charge in [-0.1, -0.05) is 145 Å². The number of benzene rings is 3. The molecule has 0 fully saturated rings. The molecule has 0 aliphatic rings. The Balaban J connectivity index is 1.46. The molecule has 0 spiro atoms. The number of aliphatic hydroxyl groups excluding tert-OH is 1. The molecule has 5 heteroatoms. The Morgan fingerprint density at radius 1 is 0.533 bits per heavy atom. The highest BCUT2D eigenvalue weighted by Crippen LogP contribution is 2.41. The molecule has 1 unspecified atom stereocenters. The van der Waals surface area contributed by atoms with E-state index >= 15 is 0 Å². The lowest BCUT2D eigenvalue weighted by atomic mass is 9.80. The van der Waals surface area contributed by atoms with Gasteiger partial charge in [-0.25, -0.2) is 0 Å². The maximum Gasteiger partial charge on any atom is 0.143 e. The summed E-state index contributed by atoms with van der Waals surface area (Å²) in [5.74, 6) is 1.54. The topological polar surface area (TPSA) is 57.2 Å². The Morgan fingerprint density at radius 3 is 1.40 bits per heavy atom. The van der Waals surface area contributed by atoms with Crippen molar-refractivity contribution in [3.63, 3.8) is 0 Å². The van der Waals surface area contributed by atoms with Crippen molar-refractivity contribution in [2.45, 2.75) is 109 Å². The van der Waals surface area contributed by atoms with E-state index < -0.39 is 11.7 Å². The summed E-state index contributed by atoms with van der Waals surface area (Å²) in [6, 6.07) is 26.0. The van der Waals surface area contributed by atoms with Crippen LogP contribution in [-0.2, 0) is 15.1 Å². The highest BCUT2D eigenvalue weighted by atomic mass is 16.5. The Labute approximate surface area is 273 Å². The van der Waals surface area contributed by atoms with E-state index in [1.807, 2.05) is 66.7 Å². The van der Waals surface area contributed by atoms with Crippen molar-refractivity contribution in [1.82, 2.24) is 0 Å². The SMILES string of the molecule is CCCCCCCCCCCCCCCCOCC(O)COC(c1ccccc1)(c1ccc(OC)cc1)c1ccc(OC)cc1. The number of unbranched alkanes of at least 4 members (excludes halogenated alkanes) is 13. The van der Waals surface area contributed by atoms with E-state index in [2.05, 4.69) is 19.1 Å². The molecule has 0 aromatic heterocycles. The molecule has 0 saturated carbocycles. The van der Waals surface area contributed by atoms with Crippen LogP contribution in [0.4, 0.5) is 0 Å². The molecule has 0 bridgehead atoms. The molecule has 3 aromatic rings. The molecule has 0 radical (unpaired) electrons. The molecule has 0 saturated heterocycles. The maximum atomic E-state index is 10.9. The highest BCUT2D eigenvalue weighted by Gasteiger charge is 2.38. The lowest BCUT2D eigenvalue weighted by Crippen LogP contribution is -2.36. The summed E-state index contributed by atoms with van der Waals surface area (Å²) in [7, 11) is 3.32. The van der Waals surface area contributed by atoms with Crippen molar-refractivity contribution < 1.29 is 24.1 Å². The molecule has 0 amide bonds. The first-order valence-corrected chi connectivity index (χ1v) is 17.4. The van der Waals surface area contributed by atoms with Crippen LogP contribution in [-0.4, -0.2) is 45.3 Å². The monoisotopic (exact) mass is 618 g/mol. The summed E-state index contributed by atoms with van der Waals surface area (Å²) < 4.78 is 23.5. The van der Waals surface area contributed by atoms with Crippen LogP contribution in [0.5, 0.6) is 11.5 Å². The molecular formula is C40H58O5. The minimum Gasteiger partial charge on any atom is -0.497 e. The van der Waals surface area contributed by atoms with Crippen LogP contribution in [0, 0.1) is 0 Å². The standard InChI is InChI=1S/C40H58O5/c1-4-5-6-7-8-9-10-11-12-13-14-15-16-20-31-44-32-37(41)33-45-40(34-21-18-17-19-22-34,35-23-27-38(42-2)28-24-35)36-25-29-39(43-3)30-26-36/h17-19,21-30,37,41H,4-16,20,31-33H2,1-3H3. The lowest BCUT2D eigenvalue weighted by molar-refractivity contribution is -0.0641. The van der Waals surface area contributed by atoms with Crippen molar-refractivity contribution in [2.24, 2.45) is 0 Å². The molecular weight excluding hydrogens is 560 g/mol. The Kier molecular flexibility index (Phi) is 17.7. The molecule has 0 aliphatic heterocycles. The van der Waals surface area contributed by atoms with Gasteiger partial charge in [0.15, 0.2) is 0 Å². The third kappa shape index (κ3) is 12.5. The van der Waals surface area contributed by atoms with Gasteiger partial charge in [0, 0.05) is 6.61 Å². The zero-order valence-electron chi connectivity index (χ0n) is 28.2. The molecule has 248 valence electrons. The zero-order chi connectivity index (χ0) is 32.0. The summed E-state index contributed by atoms with van der Waals surface area (Å²) in [5, 5.41) is 10.9. The van der Waals surface area contributed by atoms with Gasteiger partial charge in [-0.15, -0.1) is 0 Å². The van der Waals surface area contributed by atoms with Crippen LogP contribution in [0.25, 0.3) is 0 Å². The zero-order valence-corrected chi connectivity index (χ0v) is 28.2. The molecule has 5 nitrogen and oxygen atoms in total. The van der Waals surface area contributed by atoms with Crippen LogP contribution in [0.1, 0.15) is 114 Å². The van der Waals surface area contributed by atoms with Crippen molar-refractivity contribution in [2.75, 3.05) is 34.0 Å². The van der Waals surface area contributed by atoms with E-state index in [9.17, 15) is 5.11 Å². The van der Waals surface area contributed by atoms with E-state index in [4.69, 9.17) is 18.9 Å². The lowest BCUT2D eigenvalue weighted by Gasteiger charge is -2.36. The van der Waals surface area contributed by atoms with Gasteiger partial charge in [0.1, 0.15) is 23.2 Å². The van der Waals surface area contributed by atoms with Crippen LogP contribution in [0.3, 0.4) is 0 Å². The molecule has 45 heavy (non-hydrogen) atoms. The molecule has 0 heterocycles. The first-order chi connectivity index (χ1) is 22.1. The fourth-order valence-electron chi connectivity index (χ4n) is 5.96. The average molecular weight is 619 g/mol.